The normalized spacial score (nSPS) is 20.7. The second-order valence-corrected chi connectivity index (χ2v) is 8.24. The number of rotatable bonds is 3. The molecular formula is C22H24FN5O4. The fourth-order valence-corrected chi connectivity index (χ4v) is 4.03. The SMILES string of the molecule is C[C@H]1CN(C(=O)C(=O)Nc2cnc(N)c(C3CC3)c2)[C@H](c2ccc(F)cc2)CN1C(=O)O. The number of nitrogens with two attached hydrogens (primary N) is 1. The molecule has 32 heavy (non-hydrogen) atoms. The molecule has 0 spiro atoms. The number of hydrogen-bond acceptors (Lipinski definition) is 5. The van der Waals surface area contributed by atoms with Crippen molar-refractivity contribution in [3.63, 3.8) is 0 Å². The molecule has 1 aromatic heterocycles. The highest BCUT2D eigenvalue weighted by atomic mass is 19.1. The van der Waals surface area contributed by atoms with Crippen molar-refractivity contribution in [3.05, 3.63) is 53.5 Å². The number of nitrogens with one attached hydrogen (secondary N) is 1. The molecule has 10 heteroatoms. The second-order valence-electron chi connectivity index (χ2n) is 8.24. The first-order valence-electron chi connectivity index (χ1n) is 10.4. The maximum atomic E-state index is 13.4. The molecule has 2 aromatic rings. The minimum absolute atomic E-state index is 0.0217. The highest BCUT2D eigenvalue weighted by Crippen LogP contribution is 2.42. The lowest BCUT2D eigenvalue weighted by Gasteiger charge is -2.44. The lowest BCUT2D eigenvalue weighted by atomic mass is 9.99. The van der Waals surface area contributed by atoms with Gasteiger partial charge in [-0.3, -0.25) is 9.59 Å². The van der Waals surface area contributed by atoms with Crippen molar-refractivity contribution in [1.29, 1.82) is 0 Å². The second kappa shape index (κ2) is 8.45. The van der Waals surface area contributed by atoms with Crippen molar-refractivity contribution < 1.29 is 23.9 Å². The number of nitrogen functional groups attached to an aromatic ring is 1. The molecule has 0 unspecified atom stereocenters. The van der Waals surface area contributed by atoms with Gasteiger partial charge in [-0.1, -0.05) is 12.1 Å². The van der Waals surface area contributed by atoms with Gasteiger partial charge in [0.05, 0.1) is 17.9 Å². The Kier molecular flexibility index (Phi) is 5.68. The number of carbonyl (C=O) groups is 3. The number of benzene rings is 1. The van der Waals surface area contributed by atoms with Crippen LogP contribution in [0.4, 0.5) is 20.7 Å². The van der Waals surface area contributed by atoms with E-state index in [0.717, 1.165) is 18.4 Å². The van der Waals surface area contributed by atoms with Crippen LogP contribution in [0.5, 0.6) is 0 Å². The molecule has 1 saturated carbocycles. The Labute approximate surface area is 184 Å². The fourth-order valence-electron chi connectivity index (χ4n) is 4.03. The largest absolute Gasteiger partial charge is 0.465 e. The highest BCUT2D eigenvalue weighted by Gasteiger charge is 2.39. The van der Waals surface area contributed by atoms with Gasteiger partial charge in [-0.05, 0) is 55.0 Å². The number of carbonyl (C=O) groups excluding carboxylic acids is 2. The van der Waals surface area contributed by atoms with Gasteiger partial charge in [0.15, 0.2) is 0 Å². The molecule has 4 N–H and O–H groups in total. The zero-order valence-electron chi connectivity index (χ0n) is 17.5. The van der Waals surface area contributed by atoms with E-state index < -0.39 is 35.8 Å². The third kappa shape index (κ3) is 4.34. The van der Waals surface area contributed by atoms with E-state index in [1.165, 1.54) is 40.3 Å². The molecule has 2 atom stereocenters. The van der Waals surface area contributed by atoms with Crippen molar-refractivity contribution in [2.75, 3.05) is 24.1 Å². The Hall–Kier alpha value is -3.69. The van der Waals surface area contributed by atoms with E-state index in [2.05, 4.69) is 10.3 Å². The summed E-state index contributed by atoms with van der Waals surface area (Å²) in [4.78, 5) is 44.2. The molecule has 0 radical (unpaired) electrons. The van der Waals surface area contributed by atoms with Gasteiger partial charge in [-0.2, -0.15) is 0 Å². The van der Waals surface area contributed by atoms with Crippen LogP contribution in [0, 0.1) is 5.82 Å². The number of carboxylic acid groups (broad SMARTS) is 1. The third-order valence-corrected chi connectivity index (χ3v) is 5.92. The van der Waals surface area contributed by atoms with Gasteiger partial charge in [0.2, 0.25) is 0 Å². The fraction of sp³-hybridized carbons (Fsp3) is 0.364. The van der Waals surface area contributed by atoms with E-state index in [4.69, 9.17) is 5.73 Å². The van der Waals surface area contributed by atoms with Crippen LogP contribution in [0.3, 0.4) is 0 Å². The molecule has 0 bridgehead atoms. The number of hydrogen-bond donors (Lipinski definition) is 3. The van der Waals surface area contributed by atoms with Crippen LogP contribution in [0.2, 0.25) is 0 Å². The van der Waals surface area contributed by atoms with Crippen LogP contribution in [0.1, 0.15) is 42.9 Å². The Morgan fingerprint density at radius 2 is 1.84 bits per heavy atom. The van der Waals surface area contributed by atoms with Gasteiger partial charge >= 0.3 is 17.9 Å². The van der Waals surface area contributed by atoms with Crippen molar-refractivity contribution in [3.8, 4) is 0 Å². The maximum Gasteiger partial charge on any atom is 0.407 e. The minimum Gasteiger partial charge on any atom is -0.465 e. The molecule has 4 rings (SSSR count). The highest BCUT2D eigenvalue weighted by molar-refractivity contribution is 6.39. The molecule has 1 aliphatic carbocycles. The van der Waals surface area contributed by atoms with E-state index in [1.807, 2.05) is 0 Å². The van der Waals surface area contributed by atoms with E-state index in [1.54, 1.807) is 13.0 Å². The van der Waals surface area contributed by atoms with E-state index in [9.17, 15) is 23.9 Å². The molecule has 1 saturated heterocycles. The van der Waals surface area contributed by atoms with Crippen LogP contribution >= 0.6 is 0 Å². The number of nitrogens with zero attached hydrogens (tertiary/aromatic N) is 3. The molecule has 3 amide bonds. The molecule has 168 valence electrons. The van der Waals surface area contributed by atoms with Crippen molar-refractivity contribution in [1.82, 2.24) is 14.8 Å². The van der Waals surface area contributed by atoms with Crippen LogP contribution in [0.25, 0.3) is 0 Å². The molecule has 2 aliphatic rings. The van der Waals surface area contributed by atoms with Crippen LogP contribution in [0.15, 0.2) is 36.5 Å². The van der Waals surface area contributed by atoms with Crippen molar-refractivity contribution in [2.45, 2.75) is 37.8 Å². The zero-order chi connectivity index (χ0) is 23.0. The summed E-state index contributed by atoms with van der Waals surface area (Å²) >= 11 is 0. The molecule has 1 aromatic carbocycles. The number of halogens is 1. The summed E-state index contributed by atoms with van der Waals surface area (Å²) in [6, 6.07) is 5.93. The third-order valence-electron chi connectivity index (χ3n) is 5.92. The summed E-state index contributed by atoms with van der Waals surface area (Å²) in [5.74, 6) is -1.39. The van der Waals surface area contributed by atoms with Crippen molar-refractivity contribution >= 4 is 29.4 Å². The standard InChI is InChI=1S/C22H24FN5O4/c1-12-10-28(18(11-27(12)22(31)32)14-4-6-15(23)7-5-14)21(30)20(29)26-16-8-17(13-2-3-13)19(24)25-9-16/h4-9,12-13,18H,2-3,10-11H2,1H3,(H2,24,25)(H,26,29)(H,31,32)/t12-,18-/m0/s1. The smallest absolute Gasteiger partial charge is 0.407 e. The van der Waals surface area contributed by atoms with Crippen LogP contribution < -0.4 is 11.1 Å². The van der Waals surface area contributed by atoms with E-state index in [0.29, 0.717) is 23.0 Å². The number of pyridine rings is 1. The molecule has 2 fully saturated rings. The summed E-state index contributed by atoms with van der Waals surface area (Å²) in [5, 5.41) is 12.1. The number of aromatic nitrogens is 1. The lowest BCUT2D eigenvalue weighted by molar-refractivity contribution is -0.147. The Morgan fingerprint density at radius 1 is 1.16 bits per heavy atom. The van der Waals surface area contributed by atoms with Gasteiger partial charge in [0.1, 0.15) is 11.6 Å². The van der Waals surface area contributed by atoms with Gasteiger partial charge in [0, 0.05) is 19.1 Å². The number of amides is 3. The van der Waals surface area contributed by atoms with E-state index in [-0.39, 0.29) is 13.1 Å². The summed E-state index contributed by atoms with van der Waals surface area (Å²) in [6.45, 7) is 1.66. The van der Waals surface area contributed by atoms with Crippen LogP contribution in [-0.4, -0.2) is 56.9 Å². The first-order chi connectivity index (χ1) is 15.2. The Balaban J connectivity index is 1.56. The average molecular weight is 441 g/mol. The summed E-state index contributed by atoms with van der Waals surface area (Å²) < 4.78 is 13.4. The topological polar surface area (TPSA) is 129 Å². The first kappa shape index (κ1) is 21.5. The van der Waals surface area contributed by atoms with Crippen LogP contribution in [-0.2, 0) is 9.59 Å². The summed E-state index contributed by atoms with van der Waals surface area (Å²) in [7, 11) is 0. The molecule has 1 aliphatic heterocycles. The quantitative estimate of drug-likeness (QED) is 0.628. The van der Waals surface area contributed by atoms with Gasteiger partial charge in [-0.15, -0.1) is 0 Å². The van der Waals surface area contributed by atoms with Gasteiger partial charge in [0.25, 0.3) is 0 Å². The molecule has 9 nitrogen and oxygen atoms in total. The average Bonchev–Trinajstić information content (AvgIpc) is 3.60. The Bertz CT molecular complexity index is 1060. The lowest BCUT2D eigenvalue weighted by Crippen LogP contribution is -2.58. The van der Waals surface area contributed by atoms with E-state index >= 15 is 0 Å². The molecular weight excluding hydrogens is 417 g/mol. The predicted molar refractivity (Wildman–Crippen MR) is 114 cm³/mol. The predicted octanol–water partition coefficient (Wildman–Crippen LogP) is 2.57. The molecule has 2 heterocycles. The van der Waals surface area contributed by atoms with Gasteiger partial charge < -0.3 is 26.0 Å². The monoisotopic (exact) mass is 441 g/mol. The van der Waals surface area contributed by atoms with Gasteiger partial charge in [-0.25, -0.2) is 14.2 Å². The summed E-state index contributed by atoms with van der Waals surface area (Å²) in [6.07, 6.45) is 2.29. The minimum atomic E-state index is -1.12. The van der Waals surface area contributed by atoms with Crippen molar-refractivity contribution in [2.24, 2.45) is 0 Å². The zero-order valence-corrected chi connectivity index (χ0v) is 17.5. The summed E-state index contributed by atoms with van der Waals surface area (Å²) in [5.41, 5.74) is 7.66. The Morgan fingerprint density at radius 3 is 2.47 bits per heavy atom. The maximum absolute atomic E-state index is 13.4. The number of piperazine rings is 1. The first-order valence-corrected chi connectivity index (χ1v) is 10.4. The number of anilines is 2.